The first-order valence-corrected chi connectivity index (χ1v) is 10.8. The first kappa shape index (κ1) is 22.3. The minimum atomic E-state index is -0.863. The Bertz CT molecular complexity index is 578. The molecule has 1 atom stereocenters. The van der Waals surface area contributed by atoms with E-state index in [0.29, 0.717) is 13.1 Å². The number of guanidine groups is 1. The Morgan fingerprint density at radius 3 is 2.67 bits per heavy atom. The first-order valence-electron chi connectivity index (χ1n) is 9.41. The maximum Gasteiger partial charge on any atom is 0.191 e. The SMILES string of the molecule is CCNC(=NCC(C)(O)CN1CCOCC1)NCCSc1ccc(Cl)cc1. The van der Waals surface area contributed by atoms with Crippen molar-refractivity contribution in [2.75, 3.05) is 58.2 Å². The highest BCUT2D eigenvalue weighted by atomic mass is 35.5. The molecule has 0 aromatic heterocycles. The standard InChI is InChI=1S/C19H31ClN4O2S/c1-3-21-18(22-8-13-27-17-6-4-16(20)5-7-17)23-14-19(2,25)15-24-9-11-26-12-10-24/h4-7,25H,3,8-15H2,1-2H3,(H2,21,22,23). The molecule has 8 heteroatoms. The number of hydrogen-bond donors (Lipinski definition) is 3. The maximum atomic E-state index is 10.7. The lowest BCUT2D eigenvalue weighted by Crippen LogP contribution is -2.48. The third-order valence-corrected chi connectivity index (χ3v) is 5.33. The summed E-state index contributed by atoms with van der Waals surface area (Å²) in [6.45, 7) is 9.57. The number of aliphatic hydroxyl groups is 1. The Morgan fingerprint density at radius 1 is 1.30 bits per heavy atom. The van der Waals surface area contributed by atoms with Crippen molar-refractivity contribution in [3.8, 4) is 0 Å². The van der Waals surface area contributed by atoms with Gasteiger partial charge in [0, 0.05) is 48.4 Å². The van der Waals surface area contributed by atoms with Crippen molar-refractivity contribution in [2.45, 2.75) is 24.3 Å². The molecule has 6 nitrogen and oxygen atoms in total. The summed E-state index contributed by atoms with van der Waals surface area (Å²) in [6.07, 6.45) is 0. The molecule has 1 fully saturated rings. The van der Waals surface area contributed by atoms with E-state index in [4.69, 9.17) is 16.3 Å². The van der Waals surface area contributed by atoms with Crippen molar-refractivity contribution >= 4 is 29.3 Å². The highest BCUT2D eigenvalue weighted by molar-refractivity contribution is 7.99. The maximum absolute atomic E-state index is 10.7. The molecule has 1 aliphatic heterocycles. The van der Waals surface area contributed by atoms with Gasteiger partial charge in [0.25, 0.3) is 0 Å². The molecule has 1 saturated heterocycles. The van der Waals surface area contributed by atoms with Crippen molar-refractivity contribution in [1.82, 2.24) is 15.5 Å². The largest absolute Gasteiger partial charge is 0.387 e. The van der Waals surface area contributed by atoms with Gasteiger partial charge in [-0.15, -0.1) is 11.8 Å². The van der Waals surface area contributed by atoms with Gasteiger partial charge in [-0.25, -0.2) is 0 Å². The van der Waals surface area contributed by atoms with Gasteiger partial charge in [-0.3, -0.25) is 9.89 Å². The van der Waals surface area contributed by atoms with Crippen LogP contribution in [0, 0.1) is 0 Å². The molecule has 1 aliphatic rings. The molecule has 1 unspecified atom stereocenters. The average molecular weight is 415 g/mol. The van der Waals surface area contributed by atoms with Gasteiger partial charge in [-0.2, -0.15) is 0 Å². The van der Waals surface area contributed by atoms with Crippen LogP contribution in [0.25, 0.3) is 0 Å². The second-order valence-electron chi connectivity index (χ2n) is 6.81. The number of morpholine rings is 1. The van der Waals surface area contributed by atoms with Gasteiger partial charge < -0.3 is 20.5 Å². The lowest BCUT2D eigenvalue weighted by atomic mass is 10.1. The number of benzene rings is 1. The smallest absolute Gasteiger partial charge is 0.191 e. The molecule has 2 rings (SSSR count). The molecule has 0 saturated carbocycles. The minimum Gasteiger partial charge on any atom is -0.387 e. The summed E-state index contributed by atoms with van der Waals surface area (Å²) in [5, 5.41) is 18.0. The Hall–Kier alpha value is -0.990. The zero-order valence-corrected chi connectivity index (χ0v) is 17.8. The van der Waals surface area contributed by atoms with Crippen LogP contribution in [0.5, 0.6) is 0 Å². The summed E-state index contributed by atoms with van der Waals surface area (Å²) in [6, 6.07) is 7.85. The van der Waals surface area contributed by atoms with E-state index < -0.39 is 5.60 Å². The number of β-amino-alcohol motifs (C(OH)–C–C–N with tert-alkyl or cyclic N) is 1. The Kier molecular flexibility index (Phi) is 9.72. The fourth-order valence-corrected chi connectivity index (χ4v) is 3.65. The fourth-order valence-electron chi connectivity index (χ4n) is 2.75. The number of nitrogens with zero attached hydrogens (tertiary/aromatic N) is 2. The minimum absolute atomic E-state index is 0.351. The van der Waals surface area contributed by atoms with Crippen LogP contribution in [0.15, 0.2) is 34.2 Å². The Balaban J connectivity index is 1.75. The lowest BCUT2D eigenvalue weighted by Gasteiger charge is -2.33. The molecule has 0 bridgehead atoms. The molecule has 1 heterocycles. The Morgan fingerprint density at radius 2 is 2.00 bits per heavy atom. The predicted molar refractivity (Wildman–Crippen MR) is 114 cm³/mol. The van der Waals surface area contributed by atoms with E-state index in [9.17, 15) is 5.11 Å². The summed E-state index contributed by atoms with van der Waals surface area (Å²) in [7, 11) is 0. The number of rotatable bonds is 9. The second kappa shape index (κ2) is 11.8. The van der Waals surface area contributed by atoms with Crippen LogP contribution in [0.2, 0.25) is 5.02 Å². The average Bonchev–Trinajstić information content (AvgIpc) is 2.65. The Labute approximate surface area is 171 Å². The van der Waals surface area contributed by atoms with Crippen molar-refractivity contribution < 1.29 is 9.84 Å². The number of thioether (sulfide) groups is 1. The third-order valence-electron chi connectivity index (χ3n) is 4.07. The molecule has 27 heavy (non-hydrogen) atoms. The van der Waals surface area contributed by atoms with Gasteiger partial charge in [-0.05, 0) is 38.1 Å². The van der Waals surface area contributed by atoms with E-state index in [0.717, 1.165) is 56.1 Å². The summed E-state index contributed by atoms with van der Waals surface area (Å²) in [5.41, 5.74) is -0.863. The number of hydrogen-bond acceptors (Lipinski definition) is 5. The van der Waals surface area contributed by atoms with E-state index in [1.165, 1.54) is 4.90 Å². The quantitative estimate of drug-likeness (QED) is 0.249. The number of nitrogens with one attached hydrogen (secondary N) is 2. The van der Waals surface area contributed by atoms with Crippen LogP contribution in [-0.2, 0) is 4.74 Å². The van der Waals surface area contributed by atoms with Crippen molar-refractivity contribution in [3.63, 3.8) is 0 Å². The molecular formula is C19H31ClN4O2S. The van der Waals surface area contributed by atoms with Gasteiger partial charge in [0.15, 0.2) is 5.96 Å². The van der Waals surface area contributed by atoms with E-state index in [1.54, 1.807) is 11.8 Å². The van der Waals surface area contributed by atoms with Crippen LogP contribution < -0.4 is 10.6 Å². The van der Waals surface area contributed by atoms with Gasteiger partial charge in [0.2, 0.25) is 0 Å². The van der Waals surface area contributed by atoms with Gasteiger partial charge in [0.05, 0.1) is 25.4 Å². The molecule has 0 amide bonds. The molecule has 0 radical (unpaired) electrons. The van der Waals surface area contributed by atoms with E-state index >= 15 is 0 Å². The van der Waals surface area contributed by atoms with Crippen LogP contribution in [-0.4, -0.2) is 79.8 Å². The molecule has 152 valence electrons. The fraction of sp³-hybridized carbons (Fsp3) is 0.632. The summed E-state index contributed by atoms with van der Waals surface area (Å²) < 4.78 is 5.36. The van der Waals surface area contributed by atoms with Crippen molar-refractivity contribution in [3.05, 3.63) is 29.3 Å². The monoisotopic (exact) mass is 414 g/mol. The molecular weight excluding hydrogens is 384 g/mol. The summed E-state index contributed by atoms with van der Waals surface area (Å²) in [4.78, 5) is 7.98. The van der Waals surface area contributed by atoms with Crippen LogP contribution in [0.4, 0.5) is 0 Å². The molecule has 1 aromatic carbocycles. The van der Waals surface area contributed by atoms with Crippen LogP contribution in [0.3, 0.4) is 0 Å². The summed E-state index contributed by atoms with van der Waals surface area (Å²) >= 11 is 7.67. The highest BCUT2D eigenvalue weighted by Gasteiger charge is 2.25. The van der Waals surface area contributed by atoms with E-state index in [2.05, 4.69) is 20.5 Å². The van der Waals surface area contributed by atoms with Crippen molar-refractivity contribution in [2.24, 2.45) is 4.99 Å². The van der Waals surface area contributed by atoms with Gasteiger partial charge in [-0.1, -0.05) is 11.6 Å². The third kappa shape index (κ3) is 9.17. The van der Waals surface area contributed by atoms with Gasteiger partial charge in [0.1, 0.15) is 0 Å². The highest BCUT2D eigenvalue weighted by Crippen LogP contribution is 2.19. The number of ether oxygens (including phenoxy) is 1. The number of aliphatic imine (C=N–C) groups is 1. The van der Waals surface area contributed by atoms with Crippen LogP contribution in [0.1, 0.15) is 13.8 Å². The molecule has 3 N–H and O–H groups in total. The molecule has 0 spiro atoms. The zero-order chi connectivity index (χ0) is 19.5. The second-order valence-corrected chi connectivity index (χ2v) is 8.41. The number of halogens is 1. The molecule has 0 aliphatic carbocycles. The lowest BCUT2D eigenvalue weighted by molar-refractivity contribution is -0.0179. The normalized spacial score (nSPS) is 18.1. The van der Waals surface area contributed by atoms with Gasteiger partial charge >= 0.3 is 0 Å². The zero-order valence-electron chi connectivity index (χ0n) is 16.2. The van der Waals surface area contributed by atoms with E-state index in [1.807, 2.05) is 38.1 Å². The predicted octanol–water partition coefficient (Wildman–Crippen LogP) is 2.07. The first-order chi connectivity index (χ1) is 13.0. The van der Waals surface area contributed by atoms with E-state index in [-0.39, 0.29) is 0 Å². The topological polar surface area (TPSA) is 69.1 Å². The van der Waals surface area contributed by atoms with Crippen LogP contribution >= 0.6 is 23.4 Å². The summed E-state index contributed by atoms with van der Waals surface area (Å²) in [5.74, 6) is 1.65. The van der Waals surface area contributed by atoms with Crippen molar-refractivity contribution in [1.29, 1.82) is 0 Å². The molecule has 1 aromatic rings.